The van der Waals surface area contributed by atoms with Crippen LogP contribution in [0.25, 0.3) is 0 Å². The van der Waals surface area contributed by atoms with Gasteiger partial charge in [0.1, 0.15) is 17.5 Å². The van der Waals surface area contributed by atoms with Crippen LogP contribution in [0.4, 0.5) is 0 Å². The maximum absolute atomic E-state index is 13.0. The van der Waals surface area contributed by atoms with Crippen molar-refractivity contribution in [3.63, 3.8) is 0 Å². The van der Waals surface area contributed by atoms with Gasteiger partial charge in [0.05, 0.1) is 7.11 Å². The lowest BCUT2D eigenvalue weighted by Crippen LogP contribution is -2.53. The summed E-state index contributed by atoms with van der Waals surface area (Å²) >= 11 is 0. The lowest BCUT2D eigenvalue weighted by molar-refractivity contribution is -0.142. The summed E-state index contributed by atoms with van der Waals surface area (Å²) in [4.78, 5) is 27.3. The van der Waals surface area contributed by atoms with Crippen LogP contribution in [0.3, 0.4) is 0 Å². The molecule has 0 bridgehead atoms. The van der Waals surface area contributed by atoms with Crippen LogP contribution in [0.15, 0.2) is 48.5 Å². The van der Waals surface area contributed by atoms with Gasteiger partial charge in [0.2, 0.25) is 5.91 Å². The molecule has 2 amide bonds. The van der Waals surface area contributed by atoms with Gasteiger partial charge in [0.25, 0.3) is 5.91 Å². The van der Waals surface area contributed by atoms with Crippen LogP contribution in [0.1, 0.15) is 38.8 Å². The van der Waals surface area contributed by atoms with Crippen molar-refractivity contribution in [2.24, 2.45) is 0 Å². The molecule has 0 spiro atoms. The van der Waals surface area contributed by atoms with Crippen LogP contribution in [0, 0.1) is 6.92 Å². The highest BCUT2D eigenvalue weighted by Crippen LogP contribution is 2.18. The number of aryl methyl sites for hydroxylation is 1. The molecule has 2 aromatic carbocycles. The largest absolute Gasteiger partial charge is 0.497 e. The molecule has 0 aliphatic heterocycles. The summed E-state index contributed by atoms with van der Waals surface area (Å²) in [6.45, 7) is 9.65. The quantitative estimate of drug-likeness (QED) is 0.718. The molecule has 0 saturated carbocycles. The van der Waals surface area contributed by atoms with Crippen molar-refractivity contribution in [1.82, 2.24) is 10.2 Å². The molecule has 1 N–H and O–H groups in total. The Labute approximate surface area is 179 Å². The first-order chi connectivity index (χ1) is 14.1. The van der Waals surface area contributed by atoms with Crippen LogP contribution < -0.4 is 14.8 Å². The number of amides is 2. The fraction of sp³-hybridized carbons (Fsp3) is 0.417. The number of hydrogen-bond donors (Lipinski definition) is 1. The summed E-state index contributed by atoms with van der Waals surface area (Å²) < 4.78 is 10.8. The summed E-state index contributed by atoms with van der Waals surface area (Å²) in [5.74, 6) is 0.809. The van der Waals surface area contributed by atoms with E-state index in [1.54, 1.807) is 43.2 Å². The van der Waals surface area contributed by atoms with Gasteiger partial charge in [0, 0.05) is 12.1 Å². The van der Waals surface area contributed by atoms with Crippen LogP contribution >= 0.6 is 0 Å². The summed E-state index contributed by atoms with van der Waals surface area (Å²) in [5.41, 5.74) is 1.70. The smallest absolute Gasteiger partial charge is 0.261 e. The molecule has 0 aliphatic rings. The van der Waals surface area contributed by atoms with Crippen molar-refractivity contribution in [3.8, 4) is 11.5 Å². The maximum Gasteiger partial charge on any atom is 0.261 e. The van der Waals surface area contributed by atoms with Crippen molar-refractivity contribution in [2.75, 3.05) is 13.7 Å². The van der Waals surface area contributed by atoms with Crippen molar-refractivity contribution in [3.05, 3.63) is 59.7 Å². The Kier molecular flexibility index (Phi) is 7.86. The molecule has 6 nitrogen and oxygen atoms in total. The maximum atomic E-state index is 13.0. The van der Waals surface area contributed by atoms with E-state index in [1.165, 1.54) is 0 Å². The number of benzene rings is 2. The Bertz CT molecular complexity index is 839. The lowest BCUT2D eigenvalue weighted by atomic mass is 10.1. The zero-order chi connectivity index (χ0) is 22.3. The fourth-order valence-corrected chi connectivity index (χ4v) is 2.85. The van der Waals surface area contributed by atoms with E-state index < -0.39 is 6.04 Å². The molecule has 0 radical (unpaired) electrons. The number of ether oxygens (including phenoxy) is 2. The average Bonchev–Trinajstić information content (AvgIpc) is 2.70. The van der Waals surface area contributed by atoms with Crippen LogP contribution in [0.2, 0.25) is 0 Å². The van der Waals surface area contributed by atoms with Gasteiger partial charge in [-0.2, -0.15) is 0 Å². The number of rotatable bonds is 8. The molecular formula is C24H32N2O4. The first kappa shape index (κ1) is 23.3. The highest BCUT2D eigenvalue weighted by molar-refractivity contribution is 5.88. The monoisotopic (exact) mass is 412 g/mol. The van der Waals surface area contributed by atoms with E-state index in [0.717, 1.165) is 11.1 Å². The Morgan fingerprint density at radius 1 is 1.00 bits per heavy atom. The molecule has 0 fully saturated rings. The van der Waals surface area contributed by atoms with Gasteiger partial charge in [-0.15, -0.1) is 0 Å². The highest BCUT2D eigenvalue weighted by Gasteiger charge is 2.28. The molecule has 1 atom stereocenters. The number of hydrogen-bond acceptors (Lipinski definition) is 4. The van der Waals surface area contributed by atoms with Crippen molar-refractivity contribution < 1.29 is 19.1 Å². The molecule has 0 aromatic heterocycles. The Morgan fingerprint density at radius 2 is 1.57 bits per heavy atom. The van der Waals surface area contributed by atoms with Gasteiger partial charge in [-0.25, -0.2) is 0 Å². The Hall–Kier alpha value is -3.02. The third kappa shape index (κ3) is 7.10. The predicted octanol–water partition coefficient (Wildman–Crippen LogP) is 3.71. The minimum absolute atomic E-state index is 0.161. The zero-order valence-corrected chi connectivity index (χ0v) is 18.7. The molecule has 162 valence electrons. The minimum atomic E-state index is -0.641. The second-order valence-corrected chi connectivity index (χ2v) is 8.39. The standard InChI is InChI=1S/C24H32N2O4/c1-17-7-9-19(10-8-17)15-26(18(2)23(28)25-24(3,4)5)22(27)16-30-21-13-11-20(29-6)12-14-21/h7-14,18H,15-16H2,1-6H3,(H,25,28)/t18-/m1/s1. The molecule has 6 heteroatoms. The van der Waals surface area contributed by atoms with Crippen molar-refractivity contribution in [2.45, 2.75) is 52.7 Å². The number of methoxy groups -OCH3 is 1. The lowest BCUT2D eigenvalue weighted by Gasteiger charge is -2.31. The SMILES string of the molecule is COc1ccc(OCC(=O)N(Cc2ccc(C)cc2)[C@H](C)C(=O)NC(C)(C)C)cc1. The van der Waals surface area contributed by atoms with Gasteiger partial charge < -0.3 is 19.7 Å². The Morgan fingerprint density at radius 3 is 2.10 bits per heavy atom. The molecule has 2 aromatic rings. The van der Waals surface area contributed by atoms with E-state index in [0.29, 0.717) is 18.0 Å². The number of carbonyl (C=O) groups excluding carboxylic acids is 2. The van der Waals surface area contributed by atoms with Gasteiger partial charge in [0.15, 0.2) is 6.61 Å². The van der Waals surface area contributed by atoms with Gasteiger partial charge >= 0.3 is 0 Å². The zero-order valence-electron chi connectivity index (χ0n) is 18.7. The number of nitrogens with one attached hydrogen (secondary N) is 1. The van der Waals surface area contributed by atoms with Crippen LogP contribution in [-0.4, -0.2) is 42.0 Å². The topological polar surface area (TPSA) is 67.9 Å². The number of nitrogens with zero attached hydrogens (tertiary/aromatic N) is 1. The molecule has 0 saturated heterocycles. The third-order valence-corrected chi connectivity index (χ3v) is 4.56. The molecule has 0 aliphatic carbocycles. The predicted molar refractivity (Wildman–Crippen MR) is 118 cm³/mol. The van der Waals surface area contributed by atoms with Crippen molar-refractivity contribution in [1.29, 1.82) is 0 Å². The number of carbonyl (C=O) groups is 2. The normalized spacial score (nSPS) is 12.1. The molecule has 0 heterocycles. The van der Waals surface area contributed by atoms with E-state index in [9.17, 15) is 9.59 Å². The third-order valence-electron chi connectivity index (χ3n) is 4.56. The van der Waals surface area contributed by atoms with Crippen LogP contribution in [-0.2, 0) is 16.1 Å². The molecule has 0 unspecified atom stereocenters. The van der Waals surface area contributed by atoms with Gasteiger partial charge in [-0.05, 0) is 64.4 Å². The second-order valence-electron chi connectivity index (χ2n) is 8.39. The van der Waals surface area contributed by atoms with E-state index in [4.69, 9.17) is 9.47 Å². The highest BCUT2D eigenvalue weighted by atomic mass is 16.5. The van der Waals surface area contributed by atoms with Crippen LogP contribution in [0.5, 0.6) is 11.5 Å². The van der Waals surface area contributed by atoms with E-state index in [2.05, 4.69) is 5.32 Å². The van der Waals surface area contributed by atoms with E-state index in [1.807, 2.05) is 52.0 Å². The first-order valence-electron chi connectivity index (χ1n) is 10.0. The first-order valence-corrected chi connectivity index (χ1v) is 10.0. The summed E-state index contributed by atoms with van der Waals surface area (Å²) in [7, 11) is 1.59. The van der Waals surface area contributed by atoms with Gasteiger partial charge in [-0.3, -0.25) is 9.59 Å². The van der Waals surface area contributed by atoms with Crippen molar-refractivity contribution >= 4 is 11.8 Å². The summed E-state index contributed by atoms with van der Waals surface area (Å²) in [5, 5.41) is 2.95. The van der Waals surface area contributed by atoms with E-state index in [-0.39, 0.29) is 24.0 Å². The average molecular weight is 413 g/mol. The fourth-order valence-electron chi connectivity index (χ4n) is 2.85. The molecule has 30 heavy (non-hydrogen) atoms. The summed E-state index contributed by atoms with van der Waals surface area (Å²) in [6, 6.07) is 14.3. The Balaban J connectivity index is 2.14. The molecule has 2 rings (SSSR count). The second kappa shape index (κ2) is 10.1. The molecular weight excluding hydrogens is 380 g/mol. The van der Waals surface area contributed by atoms with E-state index >= 15 is 0 Å². The minimum Gasteiger partial charge on any atom is -0.497 e. The summed E-state index contributed by atoms with van der Waals surface area (Å²) in [6.07, 6.45) is 0. The van der Waals surface area contributed by atoms with Gasteiger partial charge in [-0.1, -0.05) is 29.8 Å².